The lowest BCUT2D eigenvalue weighted by atomic mass is 9.98. The fourth-order valence-electron chi connectivity index (χ4n) is 3.20. The third-order valence-electron chi connectivity index (χ3n) is 4.90. The van der Waals surface area contributed by atoms with Crippen LogP contribution in [0.2, 0.25) is 0 Å². The number of hydrogen-bond donors (Lipinski definition) is 0. The summed E-state index contributed by atoms with van der Waals surface area (Å²) >= 11 is 0. The van der Waals surface area contributed by atoms with Crippen molar-refractivity contribution in [2.24, 2.45) is 5.92 Å². The predicted octanol–water partition coefficient (Wildman–Crippen LogP) is 2.75. The van der Waals surface area contributed by atoms with E-state index in [9.17, 15) is 0 Å². The van der Waals surface area contributed by atoms with E-state index in [4.69, 9.17) is 4.74 Å². The third kappa shape index (κ3) is 3.47. The summed E-state index contributed by atoms with van der Waals surface area (Å²) < 4.78 is 5.86. The van der Waals surface area contributed by atoms with Crippen molar-refractivity contribution in [1.82, 2.24) is 19.9 Å². The smallest absolute Gasteiger partial charge is 0.235 e. The van der Waals surface area contributed by atoms with Crippen molar-refractivity contribution in [3.63, 3.8) is 0 Å². The highest BCUT2D eigenvalue weighted by atomic mass is 16.5. The molecule has 4 rings (SSSR count). The van der Waals surface area contributed by atoms with Gasteiger partial charge < -0.3 is 9.64 Å². The minimum absolute atomic E-state index is 0.562. The van der Waals surface area contributed by atoms with E-state index < -0.39 is 0 Å². The lowest BCUT2D eigenvalue weighted by molar-refractivity contribution is 0.214. The van der Waals surface area contributed by atoms with Crippen molar-refractivity contribution in [3.05, 3.63) is 36.2 Å². The summed E-state index contributed by atoms with van der Waals surface area (Å²) in [5.74, 6) is 2.97. The molecule has 0 aromatic carbocycles. The molecule has 126 valence electrons. The molecule has 6 heteroatoms. The largest absolute Gasteiger partial charge is 0.476 e. The highest BCUT2D eigenvalue weighted by Gasteiger charge is 2.27. The van der Waals surface area contributed by atoms with Crippen LogP contribution in [0.3, 0.4) is 0 Å². The van der Waals surface area contributed by atoms with E-state index in [1.54, 1.807) is 18.7 Å². The molecule has 1 saturated carbocycles. The fraction of sp³-hybridized carbons (Fsp3) is 0.556. The molecule has 1 aliphatic heterocycles. The summed E-state index contributed by atoms with van der Waals surface area (Å²) in [6.45, 7) is 4.69. The van der Waals surface area contributed by atoms with Crippen LogP contribution < -0.4 is 9.64 Å². The van der Waals surface area contributed by atoms with Crippen molar-refractivity contribution < 1.29 is 4.74 Å². The third-order valence-corrected chi connectivity index (χ3v) is 4.90. The first-order valence-corrected chi connectivity index (χ1v) is 8.77. The maximum Gasteiger partial charge on any atom is 0.235 e. The van der Waals surface area contributed by atoms with E-state index >= 15 is 0 Å². The van der Waals surface area contributed by atoms with Gasteiger partial charge in [0.25, 0.3) is 0 Å². The molecule has 0 unspecified atom stereocenters. The van der Waals surface area contributed by atoms with Gasteiger partial charge in [-0.15, -0.1) is 0 Å². The molecular formula is C18H23N5O. The van der Waals surface area contributed by atoms with Crippen LogP contribution in [0, 0.1) is 12.8 Å². The monoisotopic (exact) mass is 325 g/mol. The summed E-state index contributed by atoms with van der Waals surface area (Å²) in [5.41, 5.74) is 2.06. The van der Waals surface area contributed by atoms with E-state index in [1.165, 1.54) is 18.5 Å². The van der Waals surface area contributed by atoms with Crippen molar-refractivity contribution in [2.45, 2.75) is 38.5 Å². The van der Waals surface area contributed by atoms with Crippen LogP contribution in [-0.4, -0.2) is 39.6 Å². The molecule has 1 saturated heterocycles. The van der Waals surface area contributed by atoms with Gasteiger partial charge in [-0.2, -0.15) is 0 Å². The van der Waals surface area contributed by atoms with E-state index in [0.717, 1.165) is 37.4 Å². The molecule has 0 atom stereocenters. The minimum atomic E-state index is 0.562. The van der Waals surface area contributed by atoms with E-state index in [1.807, 2.05) is 6.92 Å². The molecule has 2 aromatic rings. The van der Waals surface area contributed by atoms with Gasteiger partial charge in [0.15, 0.2) is 0 Å². The van der Waals surface area contributed by atoms with Crippen LogP contribution in [0.1, 0.15) is 43.0 Å². The van der Waals surface area contributed by atoms with Gasteiger partial charge in [0.05, 0.1) is 12.3 Å². The van der Waals surface area contributed by atoms with Crippen molar-refractivity contribution in [2.75, 3.05) is 24.6 Å². The Balaban J connectivity index is 1.30. The molecule has 0 amide bonds. The Bertz CT molecular complexity index is 695. The summed E-state index contributed by atoms with van der Waals surface area (Å²) in [5, 5.41) is 0. The molecular weight excluding hydrogens is 302 g/mol. The topological polar surface area (TPSA) is 64.0 Å². The Kier molecular flexibility index (Phi) is 4.28. The lowest BCUT2D eigenvalue weighted by Crippen LogP contribution is -2.36. The predicted molar refractivity (Wildman–Crippen MR) is 91.2 cm³/mol. The molecule has 6 nitrogen and oxygen atoms in total. The Morgan fingerprint density at radius 2 is 1.83 bits per heavy atom. The van der Waals surface area contributed by atoms with E-state index in [-0.39, 0.29) is 0 Å². The summed E-state index contributed by atoms with van der Waals surface area (Å²) in [7, 11) is 0. The normalized spacial score (nSPS) is 18.6. The van der Waals surface area contributed by atoms with Gasteiger partial charge in [0, 0.05) is 43.2 Å². The van der Waals surface area contributed by atoms with Crippen LogP contribution in [0.4, 0.5) is 5.82 Å². The first-order chi connectivity index (χ1) is 11.8. The molecule has 0 spiro atoms. The summed E-state index contributed by atoms with van der Waals surface area (Å²) in [6, 6.07) is 2.18. The van der Waals surface area contributed by atoms with Gasteiger partial charge in [0.1, 0.15) is 12.1 Å². The number of anilines is 1. The zero-order valence-electron chi connectivity index (χ0n) is 14.1. The van der Waals surface area contributed by atoms with Gasteiger partial charge in [0.2, 0.25) is 5.88 Å². The molecule has 0 radical (unpaired) electrons. The zero-order valence-corrected chi connectivity index (χ0v) is 14.1. The maximum absolute atomic E-state index is 5.86. The highest BCUT2D eigenvalue weighted by molar-refractivity contribution is 5.40. The van der Waals surface area contributed by atoms with Gasteiger partial charge in [-0.25, -0.2) is 15.0 Å². The first-order valence-electron chi connectivity index (χ1n) is 8.77. The molecule has 24 heavy (non-hydrogen) atoms. The van der Waals surface area contributed by atoms with Crippen molar-refractivity contribution in [3.8, 4) is 5.88 Å². The Morgan fingerprint density at radius 3 is 2.58 bits per heavy atom. The van der Waals surface area contributed by atoms with E-state index in [2.05, 4.69) is 30.9 Å². The molecule has 0 bridgehead atoms. The molecule has 0 N–H and O–H groups in total. The van der Waals surface area contributed by atoms with Gasteiger partial charge >= 0.3 is 0 Å². The lowest BCUT2D eigenvalue weighted by Gasteiger charge is -2.32. The Labute approximate surface area is 142 Å². The Morgan fingerprint density at radius 1 is 1.04 bits per heavy atom. The second-order valence-electron chi connectivity index (χ2n) is 6.76. The number of aromatic nitrogens is 4. The van der Waals surface area contributed by atoms with Gasteiger partial charge in [-0.05, 0) is 38.5 Å². The Hall–Kier alpha value is -2.24. The van der Waals surface area contributed by atoms with Crippen LogP contribution >= 0.6 is 0 Å². The maximum atomic E-state index is 5.86. The molecule has 2 fully saturated rings. The van der Waals surface area contributed by atoms with Gasteiger partial charge in [-0.1, -0.05) is 0 Å². The van der Waals surface area contributed by atoms with E-state index in [0.29, 0.717) is 24.3 Å². The quantitative estimate of drug-likeness (QED) is 0.842. The van der Waals surface area contributed by atoms with Crippen molar-refractivity contribution >= 4 is 5.82 Å². The number of nitrogens with zero attached hydrogens (tertiary/aromatic N) is 5. The standard InChI is InChI=1S/C18H23N5O/c1-13-18(20-7-6-19-13)24-11-14-4-8-23(9-5-14)17-10-16(15-2-3-15)21-12-22-17/h6-7,10,12,14-15H,2-5,8-9,11H2,1H3. The zero-order chi connectivity index (χ0) is 16.4. The molecule has 2 aliphatic rings. The number of hydrogen-bond acceptors (Lipinski definition) is 6. The second kappa shape index (κ2) is 6.71. The SMILES string of the molecule is Cc1nccnc1OCC1CCN(c2cc(C3CC3)ncn2)CC1. The number of ether oxygens (including phenoxy) is 1. The highest BCUT2D eigenvalue weighted by Crippen LogP contribution is 2.39. The summed E-state index contributed by atoms with van der Waals surface area (Å²) in [6.07, 6.45) is 9.87. The first kappa shape index (κ1) is 15.3. The molecule has 2 aromatic heterocycles. The van der Waals surface area contributed by atoms with Crippen LogP contribution in [0.5, 0.6) is 5.88 Å². The van der Waals surface area contributed by atoms with Crippen LogP contribution in [0.25, 0.3) is 0 Å². The second-order valence-corrected chi connectivity index (χ2v) is 6.76. The molecule has 1 aliphatic carbocycles. The van der Waals surface area contributed by atoms with Crippen LogP contribution in [0.15, 0.2) is 24.8 Å². The molecule has 3 heterocycles. The van der Waals surface area contributed by atoms with Crippen LogP contribution in [-0.2, 0) is 0 Å². The van der Waals surface area contributed by atoms with Crippen molar-refractivity contribution in [1.29, 1.82) is 0 Å². The number of piperidine rings is 1. The number of aryl methyl sites for hydroxylation is 1. The minimum Gasteiger partial charge on any atom is -0.476 e. The van der Waals surface area contributed by atoms with Gasteiger partial charge in [-0.3, -0.25) is 4.98 Å². The average Bonchev–Trinajstić information content (AvgIpc) is 3.47. The average molecular weight is 325 g/mol. The number of rotatable bonds is 5. The summed E-state index contributed by atoms with van der Waals surface area (Å²) in [4.78, 5) is 19.7. The fourth-order valence-corrected chi connectivity index (χ4v) is 3.20.